The molecule has 1 fully saturated rings. The zero-order valence-electron chi connectivity index (χ0n) is 11.1. The lowest BCUT2D eigenvalue weighted by molar-refractivity contribution is -0.167. The van der Waals surface area contributed by atoms with Crippen LogP contribution in [0.25, 0.3) is 0 Å². The van der Waals surface area contributed by atoms with Crippen molar-refractivity contribution < 1.29 is 19.4 Å². The number of aliphatic carboxylic acids is 1. The number of nitrogens with one attached hydrogen (secondary N) is 1. The van der Waals surface area contributed by atoms with E-state index in [2.05, 4.69) is 5.32 Å². The molecule has 20 heavy (non-hydrogen) atoms. The molecular formula is C14H18ClNO4. The topological polar surface area (TPSA) is 75.6 Å². The molecule has 1 aromatic rings. The van der Waals surface area contributed by atoms with Gasteiger partial charge in [-0.15, -0.1) is 12.4 Å². The Morgan fingerprint density at radius 2 is 2.05 bits per heavy atom. The summed E-state index contributed by atoms with van der Waals surface area (Å²) in [7, 11) is 0. The predicted octanol–water partition coefficient (Wildman–Crippen LogP) is 1.60. The van der Waals surface area contributed by atoms with Crippen LogP contribution in [0.2, 0.25) is 0 Å². The Morgan fingerprint density at radius 1 is 1.40 bits per heavy atom. The number of benzene rings is 1. The van der Waals surface area contributed by atoms with Crippen LogP contribution in [0.3, 0.4) is 0 Å². The average Bonchev–Trinajstić information content (AvgIpc) is 2.36. The van der Waals surface area contributed by atoms with Crippen LogP contribution in [0.15, 0.2) is 30.3 Å². The number of rotatable bonds is 4. The van der Waals surface area contributed by atoms with E-state index in [1.807, 2.05) is 30.3 Å². The summed E-state index contributed by atoms with van der Waals surface area (Å²) in [6, 6.07) is 9.27. The van der Waals surface area contributed by atoms with Crippen molar-refractivity contribution in [3.05, 3.63) is 35.9 Å². The van der Waals surface area contributed by atoms with E-state index < -0.39 is 24.0 Å². The van der Waals surface area contributed by atoms with Gasteiger partial charge in [-0.2, -0.15) is 0 Å². The van der Waals surface area contributed by atoms with Crippen molar-refractivity contribution in [2.45, 2.75) is 32.0 Å². The fourth-order valence-corrected chi connectivity index (χ4v) is 2.38. The van der Waals surface area contributed by atoms with Crippen molar-refractivity contribution >= 4 is 24.3 Å². The van der Waals surface area contributed by atoms with E-state index in [9.17, 15) is 14.7 Å². The standard InChI is InChI=1S/C14H17NO4.ClH/c1-9-13(14(17)18)11(7-12(16)19-9)15-8-10-5-3-2-4-6-10;/h2-6,9,11,13,15H,7-8H2,1H3,(H,17,18);1H/t9-,11+,13+;/m0./s1. The number of hydrogen-bond acceptors (Lipinski definition) is 4. The zero-order valence-corrected chi connectivity index (χ0v) is 11.9. The highest BCUT2D eigenvalue weighted by molar-refractivity contribution is 5.85. The Balaban J connectivity index is 0.00000200. The van der Waals surface area contributed by atoms with Crippen molar-refractivity contribution in [2.24, 2.45) is 5.92 Å². The quantitative estimate of drug-likeness (QED) is 0.826. The van der Waals surface area contributed by atoms with Crippen molar-refractivity contribution in [1.29, 1.82) is 0 Å². The monoisotopic (exact) mass is 299 g/mol. The molecule has 0 radical (unpaired) electrons. The second-order valence-electron chi connectivity index (χ2n) is 4.74. The lowest BCUT2D eigenvalue weighted by Gasteiger charge is -2.33. The van der Waals surface area contributed by atoms with Crippen LogP contribution in [0.4, 0.5) is 0 Å². The van der Waals surface area contributed by atoms with Gasteiger partial charge in [-0.25, -0.2) is 0 Å². The van der Waals surface area contributed by atoms with E-state index in [1.165, 1.54) is 0 Å². The molecule has 0 unspecified atom stereocenters. The number of carboxylic acid groups (broad SMARTS) is 1. The molecule has 0 bridgehead atoms. The summed E-state index contributed by atoms with van der Waals surface area (Å²) in [5.41, 5.74) is 1.05. The van der Waals surface area contributed by atoms with E-state index >= 15 is 0 Å². The van der Waals surface area contributed by atoms with Crippen LogP contribution in [0.1, 0.15) is 18.9 Å². The third kappa shape index (κ3) is 3.95. The highest BCUT2D eigenvalue weighted by Gasteiger charge is 2.40. The Morgan fingerprint density at radius 3 is 2.65 bits per heavy atom. The summed E-state index contributed by atoms with van der Waals surface area (Å²) in [6.07, 6.45) is -0.513. The predicted molar refractivity (Wildman–Crippen MR) is 75.6 cm³/mol. The summed E-state index contributed by atoms with van der Waals surface area (Å²) < 4.78 is 4.98. The molecule has 1 aromatic carbocycles. The molecule has 0 aromatic heterocycles. The van der Waals surface area contributed by atoms with Crippen molar-refractivity contribution in [3.8, 4) is 0 Å². The van der Waals surface area contributed by atoms with Crippen LogP contribution >= 0.6 is 12.4 Å². The van der Waals surface area contributed by atoms with Crippen LogP contribution < -0.4 is 5.32 Å². The number of carboxylic acids is 1. The van der Waals surface area contributed by atoms with Gasteiger partial charge in [0.25, 0.3) is 0 Å². The maximum absolute atomic E-state index is 11.4. The smallest absolute Gasteiger partial charge is 0.311 e. The highest BCUT2D eigenvalue weighted by atomic mass is 35.5. The van der Waals surface area contributed by atoms with Crippen LogP contribution in [0.5, 0.6) is 0 Å². The molecule has 3 atom stereocenters. The normalized spacial score (nSPS) is 25.4. The number of carbonyl (C=O) groups excluding carboxylic acids is 1. The maximum Gasteiger partial charge on any atom is 0.311 e. The molecule has 0 amide bonds. The number of esters is 1. The Kier molecular flexibility index (Phi) is 5.98. The second-order valence-corrected chi connectivity index (χ2v) is 4.74. The molecule has 0 spiro atoms. The Bertz CT molecular complexity index is 466. The first kappa shape index (κ1) is 16.5. The van der Waals surface area contributed by atoms with Gasteiger partial charge in [0, 0.05) is 12.6 Å². The summed E-state index contributed by atoms with van der Waals surface area (Å²) >= 11 is 0. The van der Waals surface area contributed by atoms with Crippen LogP contribution in [-0.2, 0) is 20.9 Å². The Hall–Kier alpha value is -1.59. The zero-order chi connectivity index (χ0) is 13.8. The van der Waals surface area contributed by atoms with Crippen molar-refractivity contribution in [3.63, 3.8) is 0 Å². The van der Waals surface area contributed by atoms with Gasteiger partial charge in [0.15, 0.2) is 0 Å². The minimum Gasteiger partial charge on any atom is -0.481 e. The first-order valence-electron chi connectivity index (χ1n) is 6.27. The molecule has 110 valence electrons. The van der Waals surface area contributed by atoms with Gasteiger partial charge >= 0.3 is 11.9 Å². The first-order chi connectivity index (χ1) is 9.08. The van der Waals surface area contributed by atoms with Crippen LogP contribution in [-0.4, -0.2) is 29.2 Å². The number of hydrogen-bond donors (Lipinski definition) is 2. The van der Waals surface area contributed by atoms with E-state index in [1.54, 1.807) is 6.92 Å². The molecule has 1 aliphatic rings. The average molecular weight is 300 g/mol. The molecule has 6 heteroatoms. The SMILES string of the molecule is C[C@@H]1OC(=O)C[C@@H](NCc2ccccc2)[C@@H]1C(=O)O.Cl. The molecule has 0 aliphatic carbocycles. The molecule has 2 N–H and O–H groups in total. The number of carbonyl (C=O) groups is 2. The second kappa shape index (κ2) is 7.26. The largest absolute Gasteiger partial charge is 0.481 e. The summed E-state index contributed by atoms with van der Waals surface area (Å²) in [4.78, 5) is 22.7. The van der Waals surface area contributed by atoms with Gasteiger partial charge in [-0.05, 0) is 12.5 Å². The van der Waals surface area contributed by atoms with Gasteiger partial charge in [-0.1, -0.05) is 30.3 Å². The minimum absolute atomic E-state index is 0. The molecule has 0 saturated carbocycles. The first-order valence-corrected chi connectivity index (χ1v) is 6.27. The van der Waals surface area contributed by atoms with E-state index in [0.29, 0.717) is 6.54 Å². The fraction of sp³-hybridized carbons (Fsp3) is 0.429. The lowest BCUT2D eigenvalue weighted by Crippen LogP contribution is -2.51. The van der Waals surface area contributed by atoms with Crippen LogP contribution in [0, 0.1) is 5.92 Å². The van der Waals surface area contributed by atoms with Crippen molar-refractivity contribution in [2.75, 3.05) is 0 Å². The van der Waals surface area contributed by atoms with Gasteiger partial charge in [0.05, 0.1) is 6.42 Å². The minimum atomic E-state index is -0.939. The van der Waals surface area contributed by atoms with E-state index in [0.717, 1.165) is 5.56 Å². The fourth-order valence-electron chi connectivity index (χ4n) is 2.38. The van der Waals surface area contributed by atoms with E-state index in [4.69, 9.17) is 4.74 Å². The van der Waals surface area contributed by atoms with Gasteiger partial charge < -0.3 is 15.2 Å². The molecule has 5 nitrogen and oxygen atoms in total. The lowest BCUT2D eigenvalue weighted by atomic mass is 9.89. The summed E-state index contributed by atoms with van der Waals surface area (Å²) in [5.74, 6) is -2.00. The number of ether oxygens (including phenoxy) is 1. The number of halogens is 1. The molecule has 1 aliphatic heterocycles. The molecular weight excluding hydrogens is 282 g/mol. The van der Waals surface area contributed by atoms with Gasteiger partial charge in [0.2, 0.25) is 0 Å². The van der Waals surface area contributed by atoms with Crippen molar-refractivity contribution in [1.82, 2.24) is 5.32 Å². The third-order valence-electron chi connectivity index (χ3n) is 3.34. The van der Waals surface area contributed by atoms with Gasteiger partial charge in [0.1, 0.15) is 12.0 Å². The molecule has 2 rings (SSSR count). The molecule has 1 heterocycles. The summed E-state index contributed by atoms with van der Waals surface area (Å²) in [5, 5.41) is 12.4. The van der Waals surface area contributed by atoms with Gasteiger partial charge in [-0.3, -0.25) is 9.59 Å². The highest BCUT2D eigenvalue weighted by Crippen LogP contribution is 2.23. The number of cyclic esters (lactones) is 1. The summed E-state index contributed by atoms with van der Waals surface area (Å²) in [6.45, 7) is 2.16. The van der Waals surface area contributed by atoms with E-state index in [-0.39, 0.29) is 24.8 Å². The third-order valence-corrected chi connectivity index (χ3v) is 3.34. The maximum atomic E-state index is 11.4. The Labute approximate surface area is 123 Å². The molecule has 1 saturated heterocycles.